The van der Waals surface area contributed by atoms with Gasteiger partial charge >= 0.3 is 0 Å². The summed E-state index contributed by atoms with van der Waals surface area (Å²) in [7, 11) is 0. The van der Waals surface area contributed by atoms with Crippen molar-refractivity contribution in [1.82, 2.24) is 4.90 Å². The van der Waals surface area contributed by atoms with Crippen LogP contribution in [0.5, 0.6) is 0 Å². The summed E-state index contributed by atoms with van der Waals surface area (Å²) in [5, 5.41) is 0. The standard InChI is InChI=1S/C10H20N2/c1-4-8-12(5-2)9-10(3)6-7-11/h1,10H,5-9,11H2,2-3H3. The quantitative estimate of drug-likeness (QED) is 0.598. The average Bonchev–Trinajstić information content (AvgIpc) is 2.04. The molecule has 1 atom stereocenters. The highest BCUT2D eigenvalue weighted by atomic mass is 15.1. The van der Waals surface area contributed by atoms with Gasteiger partial charge in [0.2, 0.25) is 0 Å². The second kappa shape index (κ2) is 7.15. The molecule has 0 aliphatic carbocycles. The third kappa shape index (κ3) is 5.17. The van der Waals surface area contributed by atoms with E-state index in [0.29, 0.717) is 5.92 Å². The molecule has 0 spiro atoms. The van der Waals surface area contributed by atoms with Crippen LogP contribution in [-0.4, -0.2) is 31.1 Å². The summed E-state index contributed by atoms with van der Waals surface area (Å²) in [6, 6.07) is 0. The van der Waals surface area contributed by atoms with Gasteiger partial charge in [-0.05, 0) is 25.4 Å². The summed E-state index contributed by atoms with van der Waals surface area (Å²) in [5.41, 5.74) is 5.46. The zero-order valence-electron chi connectivity index (χ0n) is 8.21. The van der Waals surface area contributed by atoms with Crippen LogP contribution in [0.4, 0.5) is 0 Å². The van der Waals surface area contributed by atoms with Crippen LogP contribution in [0, 0.1) is 18.3 Å². The number of nitrogens with two attached hydrogens (primary N) is 1. The Hall–Kier alpha value is -0.520. The molecule has 0 aromatic carbocycles. The van der Waals surface area contributed by atoms with E-state index in [0.717, 1.165) is 32.6 Å². The van der Waals surface area contributed by atoms with Crippen LogP contribution in [0.3, 0.4) is 0 Å². The fourth-order valence-electron chi connectivity index (χ4n) is 1.25. The van der Waals surface area contributed by atoms with Crippen LogP contribution in [0.25, 0.3) is 0 Å². The van der Waals surface area contributed by atoms with Gasteiger partial charge in [-0.25, -0.2) is 0 Å². The van der Waals surface area contributed by atoms with Gasteiger partial charge in [-0.1, -0.05) is 19.8 Å². The maximum atomic E-state index is 5.46. The molecular formula is C10H20N2. The summed E-state index contributed by atoms with van der Waals surface area (Å²) >= 11 is 0. The first kappa shape index (κ1) is 11.5. The molecule has 0 amide bonds. The Balaban J connectivity index is 3.62. The molecule has 0 aliphatic heterocycles. The molecule has 0 bridgehead atoms. The van der Waals surface area contributed by atoms with Gasteiger partial charge in [0.25, 0.3) is 0 Å². The molecule has 0 aliphatic rings. The van der Waals surface area contributed by atoms with Gasteiger partial charge in [0.05, 0.1) is 6.54 Å². The van der Waals surface area contributed by atoms with Crippen molar-refractivity contribution in [1.29, 1.82) is 0 Å². The lowest BCUT2D eigenvalue weighted by Crippen LogP contribution is -2.29. The lowest BCUT2D eigenvalue weighted by Gasteiger charge is -2.21. The van der Waals surface area contributed by atoms with E-state index in [1.54, 1.807) is 0 Å². The molecule has 0 heterocycles. The smallest absolute Gasteiger partial charge is 0.0598 e. The van der Waals surface area contributed by atoms with Crippen molar-refractivity contribution in [3.05, 3.63) is 0 Å². The molecule has 0 saturated carbocycles. The van der Waals surface area contributed by atoms with Crippen molar-refractivity contribution in [3.8, 4) is 12.3 Å². The Labute approximate surface area is 76.1 Å². The van der Waals surface area contributed by atoms with Crippen LogP contribution in [0.15, 0.2) is 0 Å². The second-order valence-corrected chi connectivity index (χ2v) is 3.21. The molecule has 2 N–H and O–H groups in total. The molecule has 0 saturated heterocycles. The molecule has 1 unspecified atom stereocenters. The first-order valence-electron chi connectivity index (χ1n) is 4.60. The van der Waals surface area contributed by atoms with Crippen molar-refractivity contribution in [2.75, 3.05) is 26.2 Å². The van der Waals surface area contributed by atoms with Crippen molar-refractivity contribution in [2.24, 2.45) is 11.7 Å². The van der Waals surface area contributed by atoms with Crippen LogP contribution in [0.1, 0.15) is 20.3 Å². The number of nitrogens with zero attached hydrogens (tertiary/aromatic N) is 1. The Morgan fingerprint density at radius 3 is 2.67 bits per heavy atom. The predicted molar refractivity (Wildman–Crippen MR) is 53.8 cm³/mol. The van der Waals surface area contributed by atoms with Gasteiger partial charge in [0.1, 0.15) is 0 Å². The van der Waals surface area contributed by atoms with Crippen molar-refractivity contribution in [2.45, 2.75) is 20.3 Å². The number of hydrogen-bond donors (Lipinski definition) is 1. The molecule has 70 valence electrons. The van der Waals surface area contributed by atoms with Gasteiger partial charge in [0.15, 0.2) is 0 Å². The van der Waals surface area contributed by atoms with E-state index in [4.69, 9.17) is 12.2 Å². The largest absolute Gasteiger partial charge is 0.330 e. The molecule has 0 aromatic rings. The fourth-order valence-corrected chi connectivity index (χ4v) is 1.25. The molecule has 2 heteroatoms. The number of hydrogen-bond acceptors (Lipinski definition) is 2. The highest BCUT2D eigenvalue weighted by Gasteiger charge is 2.05. The Morgan fingerprint density at radius 2 is 2.25 bits per heavy atom. The molecule has 0 fully saturated rings. The second-order valence-electron chi connectivity index (χ2n) is 3.21. The maximum Gasteiger partial charge on any atom is 0.0598 e. The maximum absolute atomic E-state index is 5.46. The van der Waals surface area contributed by atoms with E-state index in [9.17, 15) is 0 Å². The lowest BCUT2D eigenvalue weighted by molar-refractivity contribution is 0.271. The van der Waals surface area contributed by atoms with Crippen LogP contribution in [-0.2, 0) is 0 Å². The highest BCUT2D eigenvalue weighted by molar-refractivity contribution is 4.88. The van der Waals surface area contributed by atoms with Crippen molar-refractivity contribution < 1.29 is 0 Å². The van der Waals surface area contributed by atoms with Crippen molar-refractivity contribution in [3.63, 3.8) is 0 Å². The summed E-state index contributed by atoms with van der Waals surface area (Å²) < 4.78 is 0. The third-order valence-electron chi connectivity index (χ3n) is 1.99. The van der Waals surface area contributed by atoms with Crippen LogP contribution < -0.4 is 5.73 Å². The molecule has 0 radical (unpaired) electrons. The highest BCUT2D eigenvalue weighted by Crippen LogP contribution is 2.02. The van der Waals surface area contributed by atoms with Crippen LogP contribution >= 0.6 is 0 Å². The Bertz CT molecular complexity index is 137. The zero-order valence-corrected chi connectivity index (χ0v) is 8.21. The summed E-state index contributed by atoms with van der Waals surface area (Å²) in [6.45, 7) is 7.97. The minimum Gasteiger partial charge on any atom is -0.330 e. The number of terminal acetylenes is 1. The lowest BCUT2D eigenvalue weighted by atomic mass is 10.1. The van der Waals surface area contributed by atoms with Gasteiger partial charge < -0.3 is 5.73 Å². The summed E-state index contributed by atoms with van der Waals surface area (Å²) in [4.78, 5) is 2.26. The minimum absolute atomic E-state index is 0.656. The minimum atomic E-state index is 0.656. The normalized spacial score (nSPS) is 12.9. The van der Waals surface area contributed by atoms with E-state index in [1.807, 2.05) is 0 Å². The van der Waals surface area contributed by atoms with E-state index < -0.39 is 0 Å². The predicted octanol–water partition coefficient (Wildman–Crippen LogP) is 0.926. The molecule has 2 nitrogen and oxygen atoms in total. The first-order chi connectivity index (χ1) is 5.74. The summed E-state index contributed by atoms with van der Waals surface area (Å²) in [6.07, 6.45) is 6.32. The summed E-state index contributed by atoms with van der Waals surface area (Å²) in [5.74, 6) is 3.32. The zero-order chi connectivity index (χ0) is 9.40. The molecule has 0 rings (SSSR count). The molecule has 12 heavy (non-hydrogen) atoms. The van der Waals surface area contributed by atoms with E-state index in [-0.39, 0.29) is 0 Å². The average molecular weight is 168 g/mol. The fraction of sp³-hybridized carbons (Fsp3) is 0.800. The topological polar surface area (TPSA) is 29.3 Å². The first-order valence-corrected chi connectivity index (χ1v) is 4.60. The Kier molecular flexibility index (Phi) is 6.84. The van der Waals surface area contributed by atoms with E-state index >= 15 is 0 Å². The van der Waals surface area contributed by atoms with Crippen molar-refractivity contribution >= 4 is 0 Å². The van der Waals surface area contributed by atoms with Gasteiger partial charge in [0, 0.05) is 6.54 Å². The number of rotatable bonds is 6. The van der Waals surface area contributed by atoms with Crippen LogP contribution in [0.2, 0.25) is 0 Å². The Morgan fingerprint density at radius 1 is 1.58 bits per heavy atom. The van der Waals surface area contributed by atoms with Gasteiger partial charge in [-0.2, -0.15) is 0 Å². The van der Waals surface area contributed by atoms with Gasteiger partial charge in [-0.15, -0.1) is 6.42 Å². The van der Waals surface area contributed by atoms with E-state index in [1.165, 1.54) is 0 Å². The third-order valence-corrected chi connectivity index (χ3v) is 1.99. The molecular weight excluding hydrogens is 148 g/mol. The van der Waals surface area contributed by atoms with Gasteiger partial charge in [-0.3, -0.25) is 4.90 Å². The SMILES string of the molecule is C#CCN(CC)CC(C)CCN. The molecule has 0 aromatic heterocycles. The monoisotopic (exact) mass is 168 g/mol. The van der Waals surface area contributed by atoms with E-state index in [2.05, 4.69) is 24.7 Å².